The molecule has 0 aromatic carbocycles. The summed E-state index contributed by atoms with van der Waals surface area (Å²) >= 11 is 1.39. The molecule has 12 nitrogen and oxygen atoms in total. The molecule has 4 aliphatic heterocycles. The number of carbonyl (C=O) groups excluding carboxylic acids is 3. The number of likely N-dealkylation sites (N-methyl/N-ethyl adjacent to an activating group) is 1. The predicted octanol–water partition coefficient (Wildman–Crippen LogP) is -2.45. The SMILES string of the molecule is CO/N=C(\C(=O)N[C@@H]1C(=O)N2C(C(=O)[O-])=C(C[N+]3(C)CCCC3)CS[C@H]12)C1=CS(=O)C(N)=N1. The molecule has 2 fully saturated rings. The van der Waals surface area contributed by atoms with Crippen LogP contribution in [0.15, 0.2) is 32.5 Å². The largest absolute Gasteiger partial charge is 0.543 e. The van der Waals surface area contributed by atoms with Gasteiger partial charge in [-0.2, -0.15) is 0 Å². The Morgan fingerprint density at radius 1 is 1.45 bits per heavy atom. The van der Waals surface area contributed by atoms with Gasteiger partial charge >= 0.3 is 0 Å². The average Bonchev–Trinajstić information content (AvgIpc) is 3.34. The van der Waals surface area contributed by atoms with Crippen LogP contribution >= 0.6 is 11.8 Å². The van der Waals surface area contributed by atoms with E-state index < -0.39 is 40.0 Å². The molecule has 14 heteroatoms. The monoisotopic (exact) mass is 496 g/mol. The molecule has 4 heterocycles. The lowest BCUT2D eigenvalue weighted by atomic mass is 10.0. The number of hydrogen-bond acceptors (Lipinski definition) is 10. The number of carbonyl (C=O) groups is 3. The molecule has 0 aliphatic carbocycles. The van der Waals surface area contributed by atoms with Crippen LogP contribution in [-0.4, -0.2) is 93.2 Å². The molecule has 0 aromatic rings. The molecule has 178 valence electrons. The van der Waals surface area contributed by atoms with Crippen molar-refractivity contribution in [3.8, 4) is 0 Å². The van der Waals surface area contributed by atoms with Gasteiger partial charge in [0.1, 0.15) is 41.6 Å². The van der Waals surface area contributed by atoms with Gasteiger partial charge in [-0.05, 0) is 0 Å². The fourth-order valence-electron chi connectivity index (χ4n) is 4.48. The quantitative estimate of drug-likeness (QED) is 0.170. The van der Waals surface area contributed by atoms with Crippen molar-refractivity contribution < 1.29 is 33.0 Å². The number of β-lactam (4-membered cyclic amide) rings is 1. The number of nitrogens with zero attached hydrogens (tertiary/aromatic N) is 4. The van der Waals surface area contributed by atoms with E-state index in [1.54, 1.807) is 0 Å². The number of quaternary nitrogens is 1. The van der Waals surface area contributed by atoms with E-state index >= 15 is 0 Å². The summed E-state index contributed by atoms with van der Waals surface area (Å²) in [6.45, 7) is 2.46. The first-order valence-electron chi connectivity index (χ1n) is 10.3. The van der Waals surface area contributed by atoms with Gasteiger partial charge in [-0.15, -0.1) is 11.8 Å². The second kappa shape index (κ2) is 8.91. The molecule has 0 aromatic heterocycles. The maximum Gasteiger partial charge on any atom is 0.276 e. The van der Waals surface area contributed by atoms with Crippen molar-refractivity contribution in [3.05, 3.63) is 22.4 Å². The zero-order valence-corrected chi connectivity index (χ0v) is 19.7. The van der Waals surface area contributed by atoms with E-state index in [1.807, 2.05) is 0 Å². The number of fused-ring (bicyclic) bond motifs is 1. The van der Waals surface area contributed by atoms with Gasteiger partial charge in [0.15, 0.2) is 10.9 Å². The van der Waals surface area contributed by atoms with Crippen molar-refractivity contribution >= 4 is 51.2 Å². The smallest absolute Gasteiger partial charge is 0.276 e. The van der Waals surface area contributed by atoms with E-state index in [0.29, 0.717) is 17.9 Å². The number of carboxylic acids is 1. The van der Waals surface area contributed by atoms with Gasteiger partial charge in [0.05, 0.1) is 31.8 Å². The third kappa shape index (κ3) is 4.29. The van der Waals surface area contributed by atoms with Gasteiger partial charge in [-0.1, -0.05) is 5.16 Å². The number of aliphatic imine (C=N–C) groups is 1. The second-order valence-corrected chi connectivity index (χ2v) is 10.8. The van der Waals surface area contributed by atoms with Crippen LogP contribution in [0.3, 0.4) is 0 Å². The average molecular weight is 497 g/mol. The summed E-state index contributed by atoms with van der Waals surface area (Å²) in [6.07, 6.45) is 2.17. The third-order valence-corrected chi connectivity index (χ3v) is 8.32. The Labute approximate surface area is 196 Å². The standard InChI is InChI=1S/C19H24N6O6S2/c1-25(5-3-4-6-25)7-10-8-32-17-13(16(27)24(17)14(10)18(28)29)22-15(26)12(23-31-2)11-9-33(30)19(20)21-11/h9,13,17H,3-8H2,1-2H3,(H3-,20,21,22,26,28,29)/b23-12-/t13-,17-,33?/m1/s1. The molecule has 3 N–H and O–H groups in total. The topological polar surface area (TPSA) is 167 Å². The fraction of sp³-hybridized carbons (Fsp3) is 0.526. The molecule has 2 amide bonds. The van der Waals surface area contributed by atoms with Crippen molar-refractivity contribution in [1.82, 2.24) is 10.2 Å². The molecule has 3 atom stereocenters. The zero-order chi connectivity index (χ0) is 23.9. The Kier molecular flexibility index (Phi) is 6.33. The van der Waals surface area contributed by atoms with E-state index in [1.165, 1.54) is 23.8 Å². The Morgan fingerprint density at radius 2 is 2.15 bits per heavy atom. The van der Waals surface area contributed by atoms with E-state index in [9.17, 15) is 23.7 Å². The lowest BCUT2D eigenvalue weighted by Gasteiger charge is -2.51. The number of thioether (sulfide) groups is 1. The summed E-state index contributed by atoms with van der Waals surface area (Å²) in [5, 5.41) is 18.5. The first-order valence-corrected chi connectivity index (χ1v) is 12.5. The van der Waals surface area contributed by atoms with Gasteiger partial charge < -0.3 is 30.3 Å². The maximum atomic E-state index is 12.9. The third-order valence-electron chi connectivity index (χ3n) is 6.04. The minimum Gasteiger partial charge on any atom is -0.543 e. The number of carboxylic acid groups (broad SMARTS) is 1. The van der Waals surface area contributed by atoms with Crippen LogP contribution in [0.25, 0.3) is 0 Å². The normalized spacial score (nSPS) is 28.7. The van der Waals surface area contributed by atoms with Gasteiger partial charge in [-0.25, -0.2) is 9.20 Å². The molecule has 0 radical (unpaired) electrons. The summed E-state index contributed by atoms with van der Waals surface area (Å²) < 4.78 is 12.5. The van der Waals surface area contributed by atoms with Gasteiger partial charge in [0.25, 0.3) is 11.8 Å². The Morgan fingerprint density at radius 3 is 2.73 bits per heavy atom. The first-order chi connectivity index (χ1) is 15.6. The molecule has 4 rings (SSSR count). The number of hydrogen-bond donors (Lipinski definition) is 2. The van der Waals surface area contributed by atoms with Gasteiger partial charge in [-0.3, -0.25) is 14.5 Å². The minimum atomic E-state index is -1.68. The number of amidine groups is 1. The van der Waals surface area contributed by atoms with Crippen LogP contribution in [0.1, 0.15) is 12.8 Å². The summed E-state index contributed by atoms with van der Waals surface area (Å²) in [4.78, 5) is 47.4. The van der Waals surface area contributed by atoms with E-state index in [4.69, 9.17) is 10.6 Å². The number of rotatable bonds is 7. The number of amides is 2. The maximum absolute atomic E-state index is 12.9. The molecule has 1 unspecified atom stereocenters. The van der Waals surface area contributed by atoms with Crippen molar-refractivity contribution in [3.63, 3.8) is 0 Å². The van der Waals surface area contributed by atoms with Crippen LogP contribution in [0.5, 0.6) is 0 Å². The van der Waals surface area contributed by atoms with Crippen molar-refractivity contribution in [2.24, 2.45) is 15.9 Å². The van der Waals surface area contributed by atoms with E-state index in [2.05, 4.69) is 22.5 Å². The summed E-state index contributed by atoms with van der Waals surface area (Å²) in [6, 6.07) is -0.967. The number of nitrogens with two attached hydrogens (primary N) is 1. The number of oxime groups is 1. The lowest BCUT2D eigenvalue weighted by Crippen LogP contribution is -2.71. The number of nitrogens with one attached hydrogen (secondary N) is 1. The summed E-state index contributed by atoms with van der Waals surface area (Å²) in [5.74, 6) is -2.31. The molecule has 33 heavy (non-hydrogen) atoms. The highest BCUT2D eigenvalue weighted by molar-refractivity contribution is 8.03. The highest BCUT2D eigenvalue weighted by Gasteiger charge is 2.53. The van der Waals surface area contributed by atoms with E-state index in [0.717, 1.165) is 35.8 Å². The number of aliphatic carboxylic acids is 1. The van der Waals surface area contributed by atoms with Gasteiger partial charge in [0, 0.05) is 29.6 Å². The molecule has 4 aliphatic rings. The summed E-state index contributed by atoms with van der Waals surface area (Å²) in [5.41, 5.74) is 5.76. The van der Waals surface area contributed by atoms with Crippen molar-refractivity contribution in [2.75, 3.05) is 39.5 Å². The highest BCUT2D eigenvalue weighted by Crippen LogP contribution is 2.41. The Bertz CT molecular complexity index is 1060. The molecule has 0 spiro atoms. The second-order valence-electron chi connectivity index (χ2n) is 8.41. The molecule has 0 saturated carbocycles. The van der Waals surface area contributed by atoms with Crippen LogP contribution < -0.4 is 16.2 Å². The van der Waals surface area contributed by atoms with E-state index in [-0.39, 0.29) is 22.3 Å². The Hall–Kier alpha value is -2.71. The highest BCUT2D eigenvalue weighted by atomic mass is 32.2. The Balaban J connectivity index is 1.52. The molecular formula is C19H24N6O6S2. The number of likely N-dealkylation sites (tertiary alicyclic amines) is 1. The fourth-order valence-corrected chi connectivity index (χ4v) is 6.49. The van der Waals surface area contributed by atoms with Crippen LogP contribution in [0.4, 0.5) is 0 Å². The zero-order valence-electron chi connectivity index (χ0n) is 18.1. The minimum absolute atomic E-state index is 0.0368. The molecule has 2 saturated heterocycles. The van der Waals surface area contributed by atoms with Crippen LogP contribution in [0, 0.1) is 0 Å². The predicted molar refractivity (Wildman–Crippen MR) is 119 cm³/mol. The van der Waals surface area contributed by atoms with Crippen LogP contribution in [0.2, 0.25) is 0 Å². The molecule has 0 bridgehead atoms. The van der Waals surface area contributed by atoms with Gasteiger partial charge in [0.2, 0.25) is 0 Å². The van der Waals surface area contributed by atoms with Crippen molar-refractivity contribution in [1.29, 1.82) is 0 Å². The van der Waals surface area contributed by atoms with Crippen LogP contribution in [-0.2, 0) is 30.0 Å². The molecular weight excluding hydrogens is 472 g/mol. The summed E-state index contributed by atoms with van der Waals surface area (Å²) in [7, 11) is 1.63. The first kappa shape index (κ1) is 23.4. The lowest BCUT2D eigenvalue weighted by molar-refractivity contribution is -0.893. The van der Waals surface area contributed by atoms with Crippen molar-refractivity contribution in [2.45, 2.75) is 24.3 Å².